The first kappa shape index (κ1) is 11.3. The summed E-state index contributed by atoms with van der Waals surface area (Å²) < 4.78 is 0. The van der Waals surface area contributed by atoms with Gasteiger partial charge in [-0.15, -0.1) is 0 Å². The van der Waals surface area contributed by atoms with Gasteiger partial charge in [-0.25, -0.2) is 9.97 Å². The molecule has 0 bridgehead atoms. The smallest absolute Gasteiger partial charge is 0.147 e. The maximum atomic E-state index is 6.16. The van der Waals surface area contributed by atoms with Crippen LogP contribution in [0, 0.1) is 6.92 Å². The largest absolute Gasteiger partial charge is 0.311 e. The topological polar surface area (TPSA) is 37.8 Å². The van der Waals surface area contributed by atoms with E-state index in [9.17, 15) is 0 Å². The van der Waals surface area contributed by atoms with E-state index in [1.807, 2.05) is 39.1 Å². The second kappa shape index (κ2) is 4.36. The molecule has 0 aliphatic heterocycles. The molecule has 1 aromatic heterocycles. The summed E-state index contributed by atoms with van der Waals surface area (Å²) in [6.07, 6.45) is 0. The van der Waals surface area contributed by atoms with Gasteiger partial charge in [0.05, 0.1) is 11.6 Å². The highest BCUT2D eigenvalue weighted by Gasteiger charge is 2.10. The first-order valence-corrected chi connectivity index (χ1v) is 5.60. The minimum Gasteiger partial charge on any atom is -0.311 e. The number of benzene rings is 1. The average Bonchev–Trinajstić information content (AvgIpc) is 2.28. The molecule has 1 heterocycles. The summed E-state index contributed by atoms with van der Waals surface area (Å²) in [6, 6.07) is 6.11. The zero-order valence-corrected chi connectivity index (χ0v) is 10.3. The van der Waals surface area contributed by atoms with Crippen LogP contribution in [0.2, 0.25) is 5.15 Å². The van der Waals surface area contributed by atoms with Gasteiger partial charge in [-0.1, -0.05) is 23.2 Å². The van der Waals surface area contributed by atoms with Gasteiger partial charge in [0.1, 0.15) is 11.0 Å². The minimum absolute atomic E-state index is 0.100. The third-order valence-electron chi connectivity index (χ3n) is 2.64. The van der Waals surface area contributed by atoms with Crippen molar-refractivity contribution in [1.82, 2.24) is 15.3 Å². The van der Waals surface area contributed by atoms with Gasteiger partial charge in [-0.2, -0.15) is 0 Å². The van der Waals surface area contributed by atoms with Crippen LogP contribution in [0.5, 0.6) is 0 Å². The van der Waals surface area contributed by atoms with Crippen molar-refractivity contribution in [3.05, 3.63) is 34.7 Å². The fourth-order valence-electron chi connectivity index (χ4n) is 1.54. The zero-order valence-electron chi connectivity index (χ0n) is 9.58. The molecular weight excluding hydrogens is 222 g/mol. The molecule has 0 aliphatic rings. The fraction of sp³-hybridized carbons (Fsp3) is 0.333. The molecule has 3 nitrogen and oxygen atoms in total. The van der Waals surface area contributed by atoms with Crippen LogP contribution in [0.3, 0.4) is 0 Å². The number of rotatable bonds is 2. The van der Waals surface area contributed by atoms with Gasteiger partial charge < -0.3 is 5.32 Å². The van der Waals surface area contributed by atoms with Crippen LogP contribution in [0.25, 0.3) is 10.9 Å². The van der Waals surface area contributed by atoms with Crippen molar-refractivity contribution in [2.24, 2.45) is 0 Å². The van der Waals surface area contributed by atoms with Gasteiger partial charge in [-0.3, -0.25) is 0 Å². The Kier molecular flexibility index (Phi) is 3.08. The molecule has 0 saturated heterocycles. The second-order valence-corrected chi connectivity index (χ2v) is 4.26. The molecule has 0 aliphatic carbocycles. The molecule has 0 saturated carbocycles. The number of aromatic nitrogens is 2. The lowest BCUT2D eigenvalue weighted by Gasteiger charge is -2.10. The third-order valence-corrected chi connectivity index (χ3v) is 2.93. The lowest BCUT2D eigenvalue weighted by atomic mass is 10.1. The average molecular weight is 236 g/mol. The van der Waals surface area contributed by atoms with E-state index in [1.165, 1.54) is 0 Å². The van der Waals surface area contributed by atoms with E-state index in [2.05, 4.69) is 15.3 Å². The van der Waals surface area contributed by atoms with E-state index in [4.69, 9.17) is 11.6 Å². The summed E-state index contributed by atoms with van der Waals surface area (Å²) in [4.78, 5) is 8.79. The second-order valence-electron chi connectivity index (χ2n) is 3.90. The van der Waals surface area contributed by atoms with E-state index >= 15 is 0 Å². The lowest BCUT2D eigenvalue weighted by molar-refractivity contribution is 0.614. The van der Waals surface area contributed by atoms with Crippen molar-refractivity contribution in [3.63, 3.8) is 0 Å². The number of hydrogen-bond acceptors (Lipinski definition) is 3. The van der Waals surface area contributed by atoms with Crippen molar-refractivity contribution in [3.8, 4) is 0 Å². The molecule has 84 valence electrons. The van der Waals surface area contributed by atoms with Crippen LogP contribution in [-0.2, 0) is 0 Å². The molecule has 1 unspecified atom stereocenters. The standard InChI is InChI=1S/C12H14ClN3/c1-7-4-5-10-9(6-7)11(13)16-12(15-10)8(2)14-3/h4-6,8,14H,1-3H3. The molecule has 2 rings (SSSR count). The predicted octanol–water partition coefficient (Wildman–Crippen LogP) is 2.87. The summed E-state index contributed by atoms with van der Waals surface area (Å²) >= 11 is 6.16. The van der Waals surface area contributed by atoms with E-state index in [1.54, 1.807) is 0 Å². The molecular formula is C12H14ClN3. The number of hydrogen-bond donors (Lipinski definition) is 1. The highest BCUT2D eigenvalue weighted by molar-refractivity contribution is 6.34. The summed E-state index contributed by atoms with van der Waals surface area (Å²) in [5.74, 6) is 0.726. The zero-order chi connectivity index (χ0) is 11.7. The normalized spacial score (nSPS) is 13.0. The molecule has 1 N–H and O–H groups in total. The van der Waals surface area contributed by atoms with Gasteiger partial charge in [-0.05, 0) is 33.0 Å². The SMILES string of the molecule is CNC(C)c1nc(Cl)c2cc(C)ccc2n1. The van der Waals surface area contributed by atoms with Gasteiger partial charge in [0.2, 0.25) is 0 Å². The summed E-state index contributed by atoms with van der Waals surface area (Å²) in [7, 11) is 1.88. The monoisotopic (exact) mass is 235 g/mol. The van der Waals surface area contributed by atoms with Crippen molar-refractivity contribution in [1.29, 1.82) is 0 Å². The van der Waals surface area contributed by atoms with Gasteiger partial charge in [0.15, 0.2) is 0 Å². The number of aryl methyl sites for hydroxylation is 1. The number of halogens is 1. The summed E-state index contributed by atoms with van der Waals surface area (Å²) in [6.45, 7) is 4.03. The number of nitrogens with zero attached hydrogens (tertiary/aromatic N) is 2. The molecule has 0 spiro atoms. The van der Waals surface area contributed by atoms with Crippen LogP contribution in [0.15, 0.2) is 18.2 Å². The summed E-state index contributed by atoms with van der Waals surface area (Å²) in [5, 5.41) is 4.53. The van der Waals surface area contributed by atoms with Crippen LogP contribution in [-0.4, -0.2) is 17.0 Å². The molecule has 0 amide bonds. The van der Waals surface area contributed by atoms with Gasteiger partial charge >= 0.3 is 0 Å². The summed E-state index contributed by atoms with van der Waals surface area (Å²) in [5.41, 5.74) is 2.05. The number of nitrogens with one attached hydrogen (secondary N) is 1. The Morgan fingerprint density at radius 1 is 1.31 bits per heavy atom. The van der Waals surface area contributed by atoms with Crippen molar-refractivity contribution in [2.45, 2.75) is 19.9 Å². The quantitative estimate of drug-likeness (QED) is 0.814. The van der Waals surface area contributed by atoms with Gasteiger partial charge in [0, 0.05) is 5.39 Å². The third kappa shape index (κ3) is 2.01. The Balaban J connectivity index is 2.63. The van der Waals surface area contributed by atoms with Crippen molar-refractivity contribution < 1.29 is 0 Å². The highest BCUT2D eigenvalue weighted by atomic mass is 35.5. The highest BCUT2D eigenvalue weighted by Crippen LogP contribution is 2.23. The molecule has 16 heavy (non-hydrogen) atoms. The Morgan fingerprint density at radius 2 is 2.06 bits per heavy atom. The molecule has 1 aromatic carbocycles. The first-order chi connectivity index (χ1) is 7.61. The minimum atomic E-state index is 0.100. The Morgan fingerprint density at radius 3 is 2.75 bits per heavy atom. The van der Waals surface area contributed by atoms with Crippen LogP contribution in [0.4, 0.5) is 0 Å². The predicted molar refractivity (Wildman–Crippen MR) is 66.8 cm³/mol. The van der Waals surface area contributed by atoms with Crippen molar-refractivity contribution in [2.75, 3.05) is 7.05 Å². The Labute approximate surface area is 99.9 Å². The molecule has 0 radical (unpaired) electrons. The maximum Gasteiger partial charge on any atom is 0.147 e. The molecule has 1 atom stereocenters. The first-order valence-electron chi connectivity index (χ1n) is 5.23. The number of fused-ring (bicyclic) bond motifs is 1. The van der Waals surface area contributed by atoms with E-state index in [0.717, 1.165) is 22.3 Å². The van der Waals surface area contributed by atoms with Crippen LogP contribution in [0.1, 0.15) is 24.4 Å². The van der Waals surface area contributed by atoms with E-state index < -0.39 is 0 Å². The van der Waals surface area contributed by atoms with E-state index in [0.29, 0.717) is 5.15 Å². The molecule has 4 heteroatoms. The van der Waals surface area contributed by atoms with Crippen LogP contribution >= 0.6 is 11.6 Å². The van der Waals surface area contributed by atoms with E-state index in [-0.39, 0.29) is 6.04 Å². The fourth-order valence-corrected chi connectivity index (χ4v) is 1.78. The lowest BCUT2D eigenvalue weighted by Crippen LogP contribution is -2.15. The molecule has 0 fully saturated rings. The van der Waals surface area contributed by atoms with Crippen LogP contribution < -0.4 is 5.32 Å². The maximum absolute atomic E-state index is 6.16. The van der Waals surface area contributed by atoms with Gasteiger partial charge in [0.25, 0.3) is 0 Å². The Hall–Kier alpha value is -1.19. The van der Waals surface area contributed by atoms with Crippen molar-refractivity contribution >= 4 is 22.5 Å². The Bertz CT molecular complexity index is 525. The molecule has 2 aromatic rings.